The van der Waals surface area contributed by atoms with Gasteiger partial charge in [0, 0.05) is 10.4 Å². The van der Waals surface area contributed by atoms with E-state index in [1.54, 1.807) is 16.2 Å². The van der Waals surface area contributed by atoms with Crippen molar-refractivity contribution < 1.29 is 17.3 Å². The van der Waals surface area contributed by atoms with E-state index < -0.39 is 0 Å². The van der Waals surface area contributed by atoms with E-state index in [-0.39, 0.29) is 12.4 Å². The summed E-state index contributed by atoms with van der Waals surface area (Å²) < 4.78 is 2.41. The molecule has 3 nitrogen and oxygen atoms in total. The van der Waals surface area contributed by atoms with Gasteiger partial charge >= 0.3 is 0 Å². The van der Waals surface area contributed by atoms with Crippen molar-refractivity contribution in [2.24, 2.45) is 0 Å². The van der Waals surface area contributed by atoms with Crippen LogP contribution in [-0.2, 0) is 6.54 Å². The minimum absolute atomic E-state index is 0. The van der Waals surface area contributed by atoms with Crippen LogP contribution in [0.2, 0.25) is 5.02 Å². The summed E-state index contributed by atoms with van der Waals surface area (Å²) in [6, 6.07) is 6.14. The highest BCUT2D eigenvalue weighted by Gasteiger charge is 2.16. The Bertz CT molecular complexity index is 774. The smallest absolute Gasteiger partial charge is 0.124 e. The molecule has 0 unspecified atom stereocenters. The number of thiazole rings is 1. The zero-order valence-electron chi connectivity index (χ0n) is 13.1. The number of hydrogen-bond donors (Lipinski definition) is 1. The molecule has 0 aliphatic rings. The first-order chi connectivity index (χ1) is 10.1. The number of nitrogens with zero attached hydrogens (tertiary/aromatic N) is 2. The highest BCUT2D eigenvalue weighted by Crippen LogP contribution is 2.33. The highest BCUT2D eigenvalue weighted by molar-refractivity contribution is 7.18. The Kier molecular flexibility index (Phi) is 5.72. The van der Waals surface area contributed by atoms with Crippen molar-refractivity contribution in [3.05, 3.63) is 28.2 Å². The Labute approximate surface area is 146 Å². The lowest BCUT2D eigenvalue weighted by molar-refractivity contribution is -0.897. The lowest BCUT2D eigenvalue weighted by atomic mass is 10.2. The third-order valence-electron chi connectivity index (χ3n) is 4.15. The van der Waals surface area contributed by atoms with Crippen LogP contribution in [0.5, 0.6) is 0 Å². The molecule has 0 aliphatic heterocycles. The van der Waals surface area contributed by atoms with Crippen molar-refractivity contribution in [2.45, 2.75) is 27.3 Å². The van der Waals surface area contributed by atoms with E-state index in [0.29, 0.717) is 0 Å². The van der Waals surface area contributed by atoms with Crippen LogP contribution in [0.3, 0.4) is 0 Å². The topological polar surface area (TPSA) is 22.3 Å². The van der Waals surface area contributed by atoms with Gasteiger partial charge in [-0.25, -0.2) is 4.98 Å². The van der Waals surface area contributed by atoms with E-state index in [1.165, 1.54) is 28.8 Å². The first-order valence-corrected chi connectivity index (χ1v) is 8.72. The molecule has 6 heteroatoms. The van der Waals surface area contributed by atoms with Crippen LogP contribution in [0.4, 0.5) is 0 Å². The van der Waals surface area contributed by atoms with E-state index in [9.17, 15) is 0 Å². The van der Waals surface area contributed by atoms with E-state index >= 15 is 0 Å². The SMILES string of the molecule is CC[NH+](CC)CCn1c2ccc(Cl)cc2c2nc(C)sc21.[Cl-]. The molecule has 22 heavy (non-hydrogen) atoms. The second-order valence-electron chi connectivity index (χ2n) is 5.41. The normalized spacial score (nSPS) is 11.5. The van der Waals surface area contributed by atoms with Crippen LogP contribution in [0.15, 0.2) is 18.2 Å². The monoisotopic (exact) mass is 357 g/mol. The van der Waals surface area contributed by atoms with Crippen LogP contribution >= 0.6 is 22.9 Å². The molecule has 3 rings (SSSR count). The molecule has 3 aromatic rings. The summed E-state index contributed by atoms with van der Waals surface area (Å²) in [4.78, 5) is 7.60. The fraction of sp³-hybridized carbons (Fsp3) is 0.438. The number of aryl methyl sites for hydroxylation is 1. The van der Waals surface area contributed by atoms with Gasteiger partial charge in [0.05, 0.1) is 36.7 Å². The van der Waals surface area contributed by atoms with Crippen LogP contribution in [0, 0.1) is 6.92 Å². The molecular weight excluding hydrogens is 337 g/mol. The molecule has 0 fully saturated rings. The van der Waals surface area contributed by atoms with Crippen LogP contribution < -0.4 is 17.3 Å². The van der Waals surface area contributed by atoms with Gasteiger partial charge in [-0.15, -0.1) is 11.3 Å². The fourth-order valence-corrected chi connectivity index (χ4v) is 4.05. The Morgan fingerprint density at radius 3 is 2.68 bits per heavy atom. The number of benzene rings is 1. The molecule has 0 spiro atoms. The zero-order valence-corrected chi connectivity index (χ0v) is 15.4. The lowest BCUT2D eigenvalue weighted by Gasteiger charge is -2.16. The van der Waals surface area contributed by atoms with Gasteiger partial charge in [-0.2, -0.15) is 0 Å². The number of nitrogens with one attached hydrogen (secondary N) is 1. The predicted octanol–water partition coefficient (Wildman–Crippen LogP) is 0.142. The Hall–Kier alpha value is -0.810. The van der Waals surface area contributed by atoms with Gasteiger partial charge < -0.3 is 21.9 Å². The summed E-state index contributed by atoms with van der Waals surface area (Å²) in [5.41, 5.74) is 2.35. The van der Waals surface area contributed by atoms with Crippen molar-refractivity contribution in [2.75, 3.05) is 19.6 Å². The minimum atomic E-state index is 0. The van der Waals surface area contributed by atoms with Gasteiger partial charge in [0.25, 0.3) is 0 Å². The van der Waals surface area contributed by atoms with Crippen molar-refractivity contribution in [3.8, 4) is 0 Å². The molecule has 0 atom stereocenters. The summed E-state index contributed by atoms with van der Waals surface area (Å²) in [6.07, 6.45) is 0. The predicted molar refractivity (Wildman–Crippen MR) is 91.8 cm³/mol. The van der Waals surface area contributed by atoms with Gasteiger partial charge in [-0.1, -0.05) is 11.6 Å². The Morgan fingerprint density at radius 1 is 1.27 bits per heavy atom. The standard InChI is InChI=1S/C16H20ClN3S.ClH/c1-4-19(5-2)8-9-20-14-7-6-12(17)10-13(14)15-16(20)21-11(3)18-15;/h6-7,10H,4-5,8-9H2,1-3H3;1H. The zero-order chi connectivity index (χ0) is 15.0. The average molecular weight is 358 g/mol. The summed E-state index contributed by atoms with van der Waals surface area (Å²) in [6.45, 7) is 11.1. The maximum absolute atomic E-state index is 6.17. The van der Waals surface area contributed by atoms with Crippen molar-refractivity contribution >= 4 is 44.2 Å². The molecule has 0 bridgehead atoms. The molecule has 0 aliphatic carbocycles. The van der Waals surface area contributed by atoms with Crippen molar-refractivity contribution in [1.29, 1.82) is 0 Å². The maximum Gasteiger partial charge on any atom is 0.124 e. The molecular formula is C16H21Cl2N3S. The third kappa shape index (κ3) is 3.11. The summed E-state index contributed by atoms with van der Waals surface area (Å²) >= 11 is 7.95. The maximum atomic E-state index is 6.17. The van der Waals surface area contributed by atoms with Gasteiger partial charge in [0.2, 0.25) is 0 Å². The molecule has 1 aromatic carbocycles. The molecule has 2 aromatic heterocycles. The number of likely N-dealkylation sites (N-methyl/N-ethyl adjacent to an activating group) is 1. The van der Waals surface area contributed by atoms with Crippen LogP contribution in [0.25, 0.3) is 21.3 Å². The van der Waals surface area contributed by atoms with Crippen LogP contribution in [-0.4, -0.2) is 29.2 Å². The van der Waals surface area contributed by atoms with Gasteiger partial charge in [0.15, 0.2) is 0 Å². The second-order valence-corrected chi connectivity index (χ2v) is 7.02. The number of hydrogen-bond acceptors (Lipinski definition) is 2. The first-order valence-electron chi connectivity index (χ1n) is 7.52. The molecule has 0 saturated heterocycles. The molecule has 0 amide bonds. The molecule has 1 N–H and O–H groups in total. The Morgan fingerprint density at radius 2 is 2.00 bits per heavy atom. The molecule has 2 heterocycles. The van der Waals surface area contributed by atoms with E-state index in [2.05, 4.69) is 31.4 Å². The number of quaternary nitrogens is 1. The number of halogens is 2. The van der Waals surface area contributed by atoms with E-state index in [0.717, 1.165) is 28.6 Å². The minimum Gasteiger partial charge on any atom is -1.00 e. The fourth-order valence-electron chi connectivity index (χ4n) is 2.91. The van der Waals surface area contributed by atoms with Crippen molar-refractivity contribution in [3.63, 3.8) is 0 Å². The Balaban J connectivity index is 0.00000176. The average Bonchev–Trinajstić information content (AvgIpc) is 2.97. The highest BCUT2D eigenvalue weighted by atomic mass is 35.5. The summed E-state index contributed by atoms with van der Waals surface area (Å²) in [5, 5.41) is 3.07. The number of fused-ring (bicyclic) bond motifs is 3. The largest absolute Gasteiger partial charge is 1.00 e. The number of aromatic nitrogens is 2. The first kappa shape index (κ1) is 17.5. The van der Waals surface area contributed by atoms with Gasteiger partial charge in [0.1, 0.15) is 10.3 Å². The number of rotatable bonds is 5. The molecule has 120 valence electrons. The van der Waals surface area contributed by atoms with Gasteiger partial charge in [-0.3, -0.25) is 0 Å². The molecule has 0 radical (unpaired) electrons. The third-order valence-corrected chi connectivity index (χ3v) is 5.38. The van der Waals surface area contributed by atoms with E-state index in [4.69, 9.17) is 16.6 Å². The quantitative estimate of drug-likeness (QED) is 0.689. The van der Waals surface area contributed by atoms with E-state index in [1.807, 2.05) is 12.1 Å². The summed E-state index contributed by atoms with van der Waals surface area (Å²) in [5.74, 6) is 0. The summed E-state index contributed by atoms with van der Waals surface area (Å²) in [7, 11) is 0. The molecule has 0 saturated carbocycles. The van der Waals surface area contributed by atoms with Crippen molar-refractivity contribution in [1.82, 2.24) is 9.55 Å². The second kappa shape index (κ2) is 7.18. The van der Waals surface area contributed by atoms with Gasteiger partial charge in [-0.05, 0) is 39.0 Å². The van der Waals surface area contributed by atoms with Crippen LogP contribution in [0.1, 0.15) is 18.9 Å². The lowest BCUT2D eigenvalue weighted by Crippen LogP contribution is -3.11.